The largest absolute Gasteiger partial charge is 0.303 e. The van der Waals surface area contributed by atoms with E-state index in [0.29, 0.717) is 5.56 Å². The number of aromatic amines is 1. The summed E-state index contributed by atoms with van der Waals surface area (Å²) in [4.78, 5) is 13.0. The molecule has 0 radical (unpaired) electrons. The van der Waals surface area contributed by atoms with Crippen LogP contribution in [-0.2, 0) is 6.42 Å². The van der Waals surface area contributed by atoms with Gasteiger partial charge in [-0.3, -0.25) is 9.89 Å². The molecule has 0 amide bonds. The molecule has 0 spiro atoms. The highest BCUT2D eigenvalue weighted by atomic mass is 16.1. The number of H-pyrrole nitrogens is 1. The zero-order valence-electron chi connectivity index (χ0n) is 8.20. The fourth-order valence-electron chi connectivity index (χ4n) is 1.90. The van der Waals surface area contributed by atoms with Gasteiger partial charge in [0.05, 0.1) is 11.8 Å². The van der Waals surface area contributed by atoms with Gasteiger partial charge in [0, 0.05) is 18.7 Å². The van der Waals surface area contributed by atoms with Crippen LogP contribution in [0.2, 0.25) is 0 Å². The van der Waals surface area contributed by atoms with Crippen molar-refractivity contribution in [3.05, 3.63) is 17.5 Å². The predicted molar refractivity (Wildman–Crippen MR) is 53.4 cm³/mol. The van der Waals surface area contributed by atoms with Gasteiger partial charge in [-0.15, -0.1) is 0 Å². The number of hydrogen-bond acceptors (Lipinski definition) is 3. The van der Waals surface area contributed by atoms with E-state index in [2.05, 4.69) is 15.1 Å². The highest BCUT2D eigenvalue weighted by Crippen LogP contribution is 2.09. The molecule has 1 aromatic rings. The van der Waals surface area contributed by atoms with E-state index in [9.17, 15) is 4.79 Å². The second-order valence-corrected chi connectivity index (χ2v) is 3.72. The van der Waals surface area contributed by atoms with E-state index >= 15 is 0 Å². The van der Waals surface area contributed by atoms with Crippen LogP contribution in [0.1, 0.15) is 28.9 Å². The second kappa shape index (κ2) is 4.37. The molecule has 0 aliphatic carbocycles. The normalized spacial score (nSPS) is 17.4. The van der Waals surface area contributed by atoms with Gasteiger partial charge in [0.1, 0.15) is 0 Å². The van der Waals surface area contributed by atoms with Gasteiger partial charge in [-0.2, -0.15) is 5.10 Å². The van der Waals surface area contributed by atoms with Crippen LogP contribution >= 0.6 is 0 Å². The Kier molecular flexibility index (Phi) is 2.93. The molecular formula is C10H15N3O. The summed E-state index contributed by atoms with van der Waals surface area (Å²) < 4.78 is 0. The summed E-state index contributed by atoms with van der Waals surface area (Å²) in [5.74, 6) is 0. The first-order valence-corrected chi connectivity index (χ1v) is 5.10. The highest BCUT2D eigenvalue weighted by molar-refractivity contribution is 5.75. The molecule has 0 atom stereocenters. The Morgan fingerprint density at radius 2 is 2.29 bits per heavy atom. The first-order valence-electron chi connectivity index (χ1n) is 5.10. The highest BCUT2D eigenvalue weighted by Gasteiger charge is 2.12. The van der Waals surface area contributed by atoms with Crippen molar-refractivity contribution in [3.8, 4) is 0 Å². The quantitative estimate of drug-likeness (QED) is 0.721. The monoisotopic (exact) mass is 193 g/mol. The van der Waals surface area contributed by atoms with E-state index in [1.54, 1.807) is 6.20 Å². The van der Waals surface area contributed by atoms with Gasteiger partial charge in [-0.25, -0.2) is 0 Å². The average molecular weight is 193 g/mol. The number of carbonyl (C=O) groups is 1. The molecular weight excluding hydrogens is 178 g/mol. The van der Waals surface area contributed by atoms with Crippen molar-refractivity contribution in [2.75, 3.05) is 19.6 Å². The van der Waals surface area contributed by atoms with Gasteiger partial charge < -0.3 is 4.90 Å². The number of hydrogen-bond donors (Lipinski definition) is 1. The smallest absolute Gasteiger partial charge is 0.153 e. The van der Waals surface area contributed by atoms with E-state index in [4.69, 9.17) is 0 Å². The maximum atomic E-state index is 10.6. The Hall–Kier alpha value is -1.16. The zero-order chi connectivity index (χ0) is 9.80. The van der Waals surface area contributed by atoms with Crippen molar-refractivity contribution in [3.63, 3.8) is 0 Å². The molecule has 14 heavy (non-hydrogen) atoms. The third-order valence-corrected chi connectivity index (χ3v) is 2.76. The first-order chi connectivity index (χ1) is 6.90. The lowest BCUT2D eigenvalue weighted by molar-refractivity contribution is 0.112. The summed E-state index contributed by atoms with van der Waals surface area (Å²) in [6, 6.07) is 0. The molecule has 1 aliphatic rings. The van der Waals surface area contributed by atoms with Gasteiger partial charge in [0.25, 0.3) is 0 Å². The van der Waals surface area contributed by atoms with Crippen LogP contribution in [0.3, 0.4) is 0 Å². The summed E-state index contributed by atoms with van der Waals surface area (Å²) in [5, 5.41) is 6.74. The van der Waals surface area contributed by atoms with Crippen LogP contribution in [0.25, 0.3) is 0 Å². The van der Waals surface area contributed by atoms with Gasteiger partial charge >= 0.3 is 0 Å². The summed E-state index contributed by atoms with van der Waals surface area (Å²) >= 11 is 0. The van der Waals surface area contributed by atoms with Gasteiger partial charge in [0.15, 0.2) is 6.29 Å². The fraction of sp³-hybridized carbons (Fsp3) is 0.600. The van der Waals surface area contributed by atoms with Gasteiger partial charge in [-0.05, 0) is 25.9 Å². The minimum Gasteiger partial charge on any atom is -0.303 e. The zero-order valence-corrected chi connectivity index (χ0v) is 8.20. The number of rotatable bonds is 4. The Labute approximate surface area is 83.3 Å². The standard InChI is InChI=1S/C10H15N3O/c14-8-9-7-11-12-10(9)3-6-13-4-1-2-5-13/h7-8H,1-6H2,(H,11,12). The number of likely N-dealkylation sites (tertiary alicyclic amines) is 1. The van der Waals surface area contributed by atoms with Crippen LogP contribution in [0.4, 0.5) is 0 Å². The Bertz CT molecular complexity index is 302. The lowest BCUT2D eigenvalue weighted by atomic mass is 10.2. The van der Waals surface area contributed by atoms with Crippen molar-refractivity contribution in [2.24, 2.45) is 0 Å². The Morgan fingerprint density at radius 3 is 3.00 bits per heavy atom. The van der Waals surface area contributed by atoms with E-state index in [1.165, 1.54) is 25.9 Å². The van der Waals surface area contributed by atoms with Crippen molar-refractivity contribution in [1.29, 1.82) is 0 Å². The maximum absolute atomic E-state index is 10.6. The molecule has 2 rings (SSSR count). The van der Waals surface area contributed by atoms with Crippen LogP contribution in [-0.4, -0.2) is 41.0 Å². The lowest BCUT2D eigenvalue weighted by Gasteiger charge is -2.13. The third kappa shape index (κ3) is 2.01. The summed E-state index contributed by atoms with van der Waals surface area (Å²) in [6.45, 7) is 3.43. The van der Waals surface area contributed by atoms with Crippen LogP contribution in [0.5, 0.6) is 0 Å². The number of carbonyl (C=O) groups excluding carboxylic acids is 1. The van der Waals surface area contributed by atoms with Crippen molar-refractivity contribution < 1.29 is 4.79 Å². The lowest BCUT2D eigenvalue weighted by Crippen LogP contribution is -2.22. The molecule has 1 aliphatic heterocycles. The van der Waals surface area contributed by atoms with Crippen molar-refractivity contribution in [2.45, 2.75) is 19.3 Å². The molecule has 4 heteroatoms. The molecule has 1 aromatic heterocycles. The molecule has 2 heterocycles. The Morgan fingerprint density at radius 1 is 1.50 bits per heavy atom. The molecule has 0 aromatic carbocycles. The molecule has 0 bridgehead atoms. The molecule has 0 unspecified atom stereocenters. The summed E-state index contributed by atoms with van der Waals surface area (Å²) in [6.07, 6.45) is 5.97. The predicted octanol–water partition coefficient (Wildman–Crippen LogP) is 0.861. The molecule has 1 fully saturated rings. The molecule has 1 saturated heterocycles. The van der Waals surface area contributed by atoms with Gasteiger partial charge in [-0.1, -0.05) is 0 Å². The van der Waals surface area contributed by atoms with E-state index < -0.39 is 0 Å². The van der Waals surface area contributed by atoms with Crippen LogP contribution < -0.4 is 0 Å². The number of aldehydes is 1. The minimum atomic E-state index is 0.698. The summed E-state index contributed by atoms with van der Waals surface area (Å²) in [5.41, 5.74) is 1.66. The third-order valence-electron chi connectivity index (χ3n) is 2.76. The van der Waals surface area contributed by atoms with E-state index in [1.807, 2.05) is 0 Å². The first kappa shape index (κ1) is 9.40. The maximum Gasteiger partial charge on any atom is 0.153 e. The van der Waals surface area contributed by atoms with Crippen LogP contribution in [0.15, 0.2) is 6.20 Å². The number of aromatic nitrogens is 2. The molecule has 4 nitrogen and oxygen atoms in total. The SMILES string of the molecule is O=Cc1cn[nH]c1CCN1CCCC1. The second-order valence-electron chi connectivity index (χ2n) is 3.72. The Balaban J connectivity index is 1.87. The molecule has 76 valence electrons. The summed E-state index contributed by atoms with van der Waals surface area (Å²) in [7, 11) is 0. The molecule has 0 saturated carbocycles. The fourth-order valence-corrected chi connectivity index (χ4v) is 1.90. The minimum absolute atomic E-state index is 0.698. The van der Waals surface area contributed by atoms with E-state index in [-0.39, 0.29) is 0 Å². The van der Waals surface area contributed by atoms with Crippen molar-refractivity contribution in [1.82, 2.24) is 15.1 Å². The average Bonchev–Trinajstić information content (AvgIpc) is 2.85. The topological polar surface area (TPSA) is 49.0 Å². The number of nitrogens with zero attached hydrogens (tertiary/aromatic N) is 2. The van der Waals surface area contributed by atoms with E-state index in [0.717, 1.165) is 24.9 Å². The van der Waals surface area contributed by atoms with Crippen molar-refractivity contribution >= 4 is 6.29 Å². The molecule has 1 N–H and O–H groups in total. The van der Waals surface area contributed by atoms with Crippen LogP contribution in [0, 0.1) is 0 Å². The van der Waals surface area contributed by atoms with Gasteiger partial charge in [0.2, 0.25) is 0 Å². The number of nitrogens with one attached hydrogen (secondary N) is 1.